The molecule has 1 atom stereocenters. The molecule has 0 aliphatic rings. The maximum Gasteiger partial charge on any atom is 0.475 e. The molecule has 0 spiro atoms. The number of hydrogen-bond acceptors (Lipinski definition) is 5. The van der Waals surface area contributed by atoms with E-state index in [4.69, 9.17) is 0 Å². The Hall–Kier alpha value is -3.61. The number of carbonyl (C=O) groups is 2. The van der Waals surface area contributed by atoms with Crippen molar-refractivity contribution in [2.75, 3.05) is 19.6 Å². The number of hydrogen-bond donors (Lipinski definition) is 4. The first-order valence-electron chi connectivity index (χ1n) is 11.3. The number of likely N-dealkylation sites (N-methyl/N-ethyl adjacent to an activating group) is 1. The highest BCUT2D eigenvalue weighted by Crippen LogP contribution is 2.12. The van der Waals surface area contributed by atoms with E-state index >= 15 is 0 Å². The molecule has 0 aliphatic heterocycles. The van der Waals surface area contributed by atoms with Crippen LogP contribution in [0.5, 0.6) is 0 Å². The van der Waals surface area contributed by atoms with Gasteiger partial charge in [-0.05, 0) is 49.5 Å². The van der Waals surface area contributed by atoms with Gasteiger partial charge in [-0.2, -0.15) is 5.26 Å². The summed E-state index contributed by atoms with van der Waals surface area (Å²) >= 11 is 0. The molecular weight excluding hydrogens is 431 g/mol. The first-order valence-corrected chi connectivity index (χ1v) is 11.3. The van der Waals surface area contributed by atoms with Gasteiger partial charge in [-0.3, -0.25) is 4.79 Å². The van der Waals surface area contributed by atoms with E-state index in [9.17, 15) is 24.9 Å². The van der Waals surface area contributed by atoms with E-state index in [0.717, 1.165) is 16.7 Å². The first kappa shape index (κ1) is 26.6. The third kappa shape index (κ3) is 8.39. The van der Waals surface area contributed by atoms with Gasteiger partial charge in [0, 0.05) is 19.6 Å². The van der Waals surface area contributed by atoms with Crippen LogP contribution in [-0.2, 0) is 17.6 Å². The molecule has 0 aliphatic carbocycles. The summed E-state index contributed by atoms with van der Waals surface area (Å²) in [7, 11) is -1.69. The van der Waals surface area contributed by atoms with Gasteiger partial charge >= 0.3 is 13.1 Å². The van der Waals surface area contributed by atoms with Gasteiger partial charge in [-0.25, -0.2) is 4.79 Å². The van der Waals surface area contributed by atoms with Crippen molar-refractivity contribution < 1.29 is 19.6 Å². The summed E-state index contributed by atoms with van der Waals surface area (Å²) < 4.78 is 0. The maximum absolute atomic E-state index is 12.5. The molecule has 0 heterocycles. The maximum atomic E-state index is 12.5. The second-order valence-corrected chi connectivity index (χ2v) is 7.75. The van der Waals surface area contributed by atoms with Crippen LogP contribution in [0.3, 0.4) is 0 Å². The van der Waals surface area contributed by atoms with Crippen molar-refractivity contribution in [2.45, 2.75) is 32.6 Å². The van der Waals surface area contributed by atoms with E-state index in [1.165, 1.54) is 0 Å². The fraction of sp³-hybridized carbons (Fsp3) is 0.320. The molecule has 0 aromatic heterocycles. The molecule has 2 aromatic carbocycles. The van der Waals surface area contributed by atoms with Crippen LogP contribution in [0.15, 0.2) is 60.2 Å². The average Bonchev–Trinajstić information content (AvgIpc) is 2.83. The first-order chi connectivity index (χ1) is 16.4. The summed E-state index contributed by atoms with van der Waals surface area (Å²) in [5.41, 5.74) is 2.60. The number of amides is 3. The van der Waals surface area contributed by atoms with Gasteiger partial charge in [0.25, 0.3) is 5.91 Å². The molecule has 2 rings (SSSR count). The minimum atomic E-state index is -1.69. The Morgan fingerprint density at radius 3 is 2.38 bits per heavy atom. The number of nitriles is 1. The molecule has 3 amide bonds. The number of rotatable bonds is 11. The van der Waals surface area contributed by atoms with Crippen molar-refractivity contribution in [2.24, 2.45) is 0 Å². The van der Waals surface area contributed by atoms with Crippen molar-refractivity contribution >= 4 is 25.1 Å². The van der Waals surface area contributed by atoms with Gasteiger partial charge in [0.2, 0.25) is 0 Å². The fourth-order valence-corrected chi connectivity index (χ4v) is 3.47. The summed E-state index contributed by atoms with van der Waals surface area (Å²) in [6.45, 7) is 5.11. The Morgan fingerprint density at radius 1 is 1.09 bits per heavy atom. The zero-order valence-electron chi connectivity index (χ0n) is 19.6. The quantitative estimate of drug-likeness (QED) is 0.231. The van der Waals surface area contributed by atoms with Gasteiger partial charge in [0.1, 0.15) is 11.6 Å². The monoisotopic (exact) mass is 462 g/mol. The van der Waals surface area contributed by atoms with Crippen molar-refractivity contribution in [1.82, 2.24) is 15.5 Å². The molecule has 178 valence electrons. The van der Waals surface area contributed by atoms with Crippen LogP contribution in [0.1, 0.15) is 30.5 Å². The van der Waals surface area contributed by atoms with Gasteiger partial charge in [0.05, 0.1) is 5.94 Å². The molecular formula is C25H31BN4O4. The van der Waals surface area contributed by atoms with Crippen molar-refractivity contribution in [1.29, 1.82) is 5.26 Å². The molecule has 0 bridgehead atoms. The molecule has 0 radical (unpaired) electrons. The van der Waals surface area contributed by atoms with Crippen LogP contribution in [0, 0.1) is 11.3 Å². The third-order valence-corrected chi connectivity index (χ3v) is 5.34. The van der Waals surface area contributed by atoms with E-state index in [-0.39, 0.29) is 17.9 Å². The third-order valence-electron chi connectivity index (χ3n) is 5.34. The summed E-state index contributed by atoms with van der Waals surface area (Å²) in [5, 5.41) is 34.0. The van der Waals surface area contributed by atoms with E-state index in [1.807, 2.05) is 74.5 Å². The number of urea groups is 1. The fourth-order valence-electron chi connectivity index (χ4n) is 3.47. The smallest absolute Gasteiger partial charge is 0.426 e. The minimum Gasteiger partial charge on any atom is -0.426 e. The number of nitrogens with zero attached hydrogens (tertiary/aromatic N) is 2. The minimum absolute atomic E-state index is 0.0744. The Kier molecular flexibility index (Phi) is 10.8. The molecule has 4 N–H and O–H groups in total. The lowest BCUT2D eigenvalue weighted by molar-refractivity contribution is -0.126. The van der Waals surface area contributed by atoms with Crippen LogP contribution in [-0.4, -0.2) is 59.6 Å². The Morgan fingerprint density at radius 2 is 1.76 bits per heavy atom. The molecule has 8 nitrogen and oxygen atoms in total. The molecule has 0 saturated carbocycles. The number of benzene rings is 2. The Labute approximate surface area is 201 Å². The number of carbonyl (C=O) groups excluding carboxylic acids is 2. The van der Waals surface area contributed by atoms with Gasteiger partial charge < -0.3 is 25.6 Å². The standard InChI is InChI=1S/C25H31BN4O4/c1-3-30(4-2)24(31)22(18-27)16-21-12-8-11-20(15-21)13-14-28-25(32)29-23(26(33)34)17-19-9-6-5-7-10-19/h5-12,15-16,23,33-34H,3-4,13-14,17H2,1-2H3,(H2,28,29,32)/t23-/m0/s1. The largest absolute Gasteiger partial charge is 0.475 e. The average molecular weight is 462 g/mol. The lowest BCUT2D eigenvalue weighted by atomic mass is 9.76. The predicted octanol–water partition coefficient (Wildman–Crippen LogP) is 1.93. The van der Waals surface area contributed by atoms with Crippen LogP contribution >= 0.6 is 0 Å². The highest BCUT2D eigenvalue weighted by molar-refractivity contribution is 6.43. The van der Waals surface area contributed by atoms with Gasteiger partial charge in [0.15, 0.2) is 0 Å². The van der Waals surface area contributed by atoms with Crippen LogP contribution in [0.25, 0.3) is 6.08 Å². The summed E-state index contributed by atoms with van der Waals surface area (Å²) in [5.74, 6) is -1.14. The van der Waals surface area contributed by atoms with Crippen LogP contribution in [0.2, 0.25) is 0 Å². The zero-order valence-corrected chi connectivity index (χ0v) is 19.6. The molecule has 0 fully saturated rings. The summed E-state index contributed by atoms with van der Waals surface area (Å²) in [6, 6.07) is 18.1. The lowest BCUT2D eigenvalue weighted by Gasteiger charge is -2.18. The Bertz CT molecular complexity index is 1020. The van der Waals surface area contributed by atoms with Crippen LogP contribution < -0.4 is 10.6 Å². The van der Waals surface area contributed by atoms with Gasteiger partial charge in [-0.15, -0.1) is 0 Å². The van der Waals surface area contributed by atoms with E-state index in [0.29, 0.717) is 26.1 Å². The van der Waals surface area contributed by atoms with Crippen molar-refractivity contribution in [3.05, 3.63) is 76.9 Å². The zero-order chi connectivity index (χ0) is 24.9. The van der Waals surface area contributed by atoms with E-state index < -0.39 is 19.1 Å². The highest BCUT2D eigenvalue weighted by atomic mass is 16.4. The van der Waals surface area contributed by atoms with Crippen LogP contribution in [0.4, 0.5) is 4.79 Å². The van der Waals surface area contributed by atoms with E-state index in [1.54, 1.807) is 11.0 Å². The Balaban J connectivity index is 1.93. The normalized spacial score (nSPS) is 11.8. The van der Waals surface area contributed by atoms with Gasteiger partial charge in [-0.1, -0.05) is 54.6 Å². The summed E-state index contributed by atoms with van der Waals surface area (Å²) in [4.78, 5) is 26.3. The second-order valence-electron chi connectivity index (χ2n) is 7.75. The molecule has 0 unspecified atom stereocenters. The molecule has 34 heavy (non-hydrogen) atoms. The summed E-state index contributed by atoms with van der Waals surface area (Å²) in [6.07, 6.45) is 2.38. The second kappa shape index (κ2) is 13.8. The van der Waals surface area contributed by atoms with Crippen molar-refractivity contribution in [3.63, 3.8) is 0 Å². The highest BCUT2D eigenvalue weighted by Gasteiger charge is 2.25. The number of nitrogens with one attached hydrogen (secondary N) is 2. The molecule has 0 saturated heterocycles. The molecule has 2 aromatic rings. The van der Waals surface area contributed by atoms with Crippen molar-refractivity contribution in [3.8, 4) is 6.07 Å². The predicted molar refractivity (Wildman–Crippen MR) is 132 cm³/mol. The topological polar surface area (TPSA) is 126 Å². The molecule has 9 heteroatoms. The SMILES string of the molecule is CCN(CC)C(=O)C(C#N)=Cc1cccc(CCNC(=O)N[C@@H](Cc2ccccc2)B(O)O)c1. The lowest BCUT2D eigenvalue weighted by Crippen LogP contribution is -2.51. The van der Waals surface area contributed by atoms with E-state index in [2.05, 4.69) is 10.6 Å².